The summed E-state index contributed by atoms with van der Waals surface area (Å²) in [5.41, 5.74) is 1.42. The summed E-state index contributed by atoms with van der Waals surface area (Å²) in [4.78, 5) is 12.5. The maximum absolute atomic E-state index is 12.5. The number of fused-ring (bicyclic) bond motifs is 6. The fraction of sp³-hybridized carbons (Fsp3) is 0.650. The van der Waals surface area contributed by atoms with Gasteiger partial charge in [0.1, 0.15) is 0 Å². The lowest BCUT2D eigenvalue weighted by molar-refractivity contribution is -0.125. The van der Waals surface area contributed by atoms with E-state index in [9.17, 15) is 4.79 Å². The third-order valence-electron chi connectivity index (χ3n) is 6.62. The molecule has 0 radical (unpaired) electrons. The molecule has 1 aromatic carbocycles. The van der Waals surface area contributed by atoms with E-state index in [2.05, 4.69) is 29.6 Å². The average Bonchev–Trinajstić information content (AvgIpc) is 3.01. The molecular formula is C20H27NO. The number of hydrogen-bond donors (Lipinski definition) is 1. The fourth-order valence-corrected chi connectivity index (χ4v) is 5.53. The Hall–Kier alpha value is -1.31. The summed E-state index contributed by atoms with van der Waals surface area (Å²) < 4.78 is 0. The lowest BCUT2D eigenvalue weighted by Gasteiger charge is -2.50. The lowest BCUT2D eigenvalue weighted by atomic mass is 9.61. The van der Waals surface area contributed by atoms with Gasteiger partial charge >= 0.3 is 0 Å². The second-order valence-corrected chi connectivity index (χ2v) is 7.82. The van der Waals surface area contributed by atoms with Crippen molar-refractivity contribution in [1.82, 2.24) is 5.32 Å². The molecule has 3 saturated carbocycles. The van der Waals surface area contributed by atoms with Crippen LogP contribution >= 0.6 is 0 Å². The van der Waals surface area contributed by atoms with Crippen LogP contribution in [0.4, 0.5) is 0 Å². The summed E-state index contributed by atoms with van der Waals surface area (Å²) in [5.74, 6) is 2.89. The number of rotatable bonds is 4. The van der Waals surface area contributed by atoms with E-state index in [0.717, 1.165) is 24.2 Å². The van der Waals surface area contributed by atoms with Crippen LogP contribution in [0, 0.1) is 17.8 Å². The molecule has 2 heteroatoms. The molecule has 4 rings (SSSR count). The molecule has 1 amide bonds. The Bertz CT molecular complexity index is 540. The molecule has 4 bridgehead atoms. The predicted octanol–water partition coefficient (Wildman–Crippen LogP) is 4.09. The molecule has 0 aliphatic heterocycles. The van der Waals surface area contributed by atoms with Crippen LogP contribution in [0.2, 0.25) is 0 Å². The molecule has 118 valence electrons. The topological polar surface area (TPSA) is 29.1 Å². The maximum atomic E-state index is 12.5. The Balaban J connectivity index is 1.40. The van der Waals surface area contributed by atoms with Gasteiger partial charge in [-0.05, 0) is 61.8 Å². The van der Waals surface area contributed by atoms with Gasteiger partial charge in [0.15, 0.2) is 0 Å². The molecule has 1 aromatic rings. The first kappa shape index (κ1) is 14.3. The van der Waals surface area contributed by atoms with Gasteiger partial charge in [-0.2, -0.15) is 0 Å². The van der Waals surface area contributed by atoms with Crippen LogP contribution in [0.1, 0.15) is 56.9 Å². The minimum absolute atomic E-state index is 0.156. The number of benzene rings is 1. The minimum atomic E-state index is 0.156. The molecule has 0 heterocycles. The van der Waals surface area contributed by atoms with Crippen LogP contribution in [0.25, 0.3) is 0 Å². The van der Waals surface area contributed by atoms with Crippen molar-refractivity contribution in [2.24, 2.45) is 17.8 Å². The van der Waals surface area contributed by atoms with Crippen molar-refractivity contribution in [3.63, 3.8) is 0 Å². The smallest absolute Gasteiger partial charge is 0.220 e. The SMILES string of the molecule is O=C(CCc1ccccc1)NC12CCCC(C1)C1CCC2C1. The van der Waals surface area contributed by atoms with Gasteiger partial charge in [-0.3, -0.25) is 4.79 Å². The molecule has 3 aliphatic rings. The first-order chi connectivity index (χ1) is 10.8. The first-order valence-corrected chi connectivity index (χ1v) is 9.10. The minimum Gasteiger partial charge on any atom is -0.350 e. The Morgan fingerprint density at radius 2 is 2.00 bits per heavy atom. The van der Waals surface area contributed by atoms with Gasteiger partial charge in [-0.25, -0.2) is 0 Å². The molecule has 4 atom stereocenters. The molecule has 0 aromatic heterocycles. The van der Waals surface area contributed by atoms with E-state index >= 15 is 0 Å². The second-order valence-electron chi connectivity index (χ2n) is 7.82. The highest BCUT2D eigenvalue weighted by atomic mass is 16.1. The van der Waals surface area contributed by atoms with Crippen LogP contribution in [-0.2, 0) is 11.2 Å². The Kier molecular flexibility index (Phi) is 3.71. The molecule has 2 nitrogen and oxygen atoms in total. The van der Waals surface area contributed by atoms with E-state index in [1.807, 2.05) is 6.07 Å². The van der Waals surface area contributed by atoms with Crippen LogP contribution < -0.4 is 5.32 Å². The fourth-order valence-electron chi connectivity index (χ4n) is 5.53. The van der Waals surface area contributed by atoms with Gasteiger partial charge < -0.3 is 5.32 Å². The molecule has 4 unspecified atom stereocenters. The van der Waals surface area contributed by atoms with Crippen LogP contribution in [0.5, 0.6) is 0 Å². The Labute approximate surface area is 133 Å². The van der Waals surface area contributed by atoms with Crippen LogP contribution in [0.3, 0.4) is 0 Å². The lowest BCUT2D eigenvalue weighted by Crippen LogP contribution is -2.58. The number of hydrogen-bond acceptors (Lipinski definition) is 1. The zero-order valence-corrected chi connectivity index (χ0v) is 13.4. The molecule has 3 fully saturated rings. The summed E-state index contributed by atoms with van der Waals surface area (Å²) in [7, 11) is 0. The predicted molar refractivity (Wildman–Crippen MR) is 88.4 cm³/mol. The van der Waals surface area contributed by atoms with Crippen molar-refractivity contribution in [3.05, 3.63) is 35.9 Å². The quantitative estimate of drug-likeness (QED) is 0.891. The van der Waals surface area contributed by atoms with Crippen molar-refractivity contribution < 1.29 is 4.79 Å². The highest BCUT2D eigenvalue weighted by Gasteiger charge is 2.52. The van der Waals surface area contributed by atoms with Gasteiger partial charge in [0.2, 0.25) is 5.91 Å². The van der Waals surface area contributed by atoms with Crippen molar-refractivity contribution in [2.75, 3.05) is 0 Å². The van der Waals surface area contributed by atoms with Gasteiger partial charge in [0, 0.05) is 12.0 Å². The van der Waals surface area contributed by atoms with E-state index in [0.29, 0.717) is 6.42 Å². The second kappa shape index (κ2) is 5.72. The van der Waals surface area contributed by atoms with Crippen LogP contribution in [-0.4, -0.2) is 11.4 Å². The van der Waals surface area contributed by atoms with E-state index in [-0.39, 0.29) is 11.4 Å². The van der Waals surface area contributed by atoms with Crippen molar-refractivity contribution in [2.45, 2.75) is 63.3 Å². The Morgan fingerprint density at radius 3 is 2.86 bits per heavy atom. The highest BCUT2D eigenvalue weighted by molar-refractivity contribution is 5.77. The molecular weight excluding hydrogens is 270 g/mol. The number of carbonyl (C=O) groups is 1. The van der Waals surface area contributed by atoms with Gasteiger partial charge in [-0.15, -0.1) is 0 Å². The van der Waals surface area contributed by atoms with Crippen molar-refractivity contribution in [3.8, 4) is 0 Å². The molecule has 1 N–H and O–H groups in total. The molecule has 0 spiro atoms. The van der Waals surface area contributed by atoms with E-state index in [1.165, 1.54) is 50.5 Å². The summed E-state index contributed by atoms with van der Waals surface area (Å²) >= 11 is 0. The van der Waals surface area contributed by atoms with Gasteiger partial charge in [0.05, 0.1) is 0 Å². The summed E-state index contributed by atoms with van der Waals surface area (Å²) in [6.07, 6.45) is 10.8. The maximum Gasteiger partial charge on any atom is 0.220 e. The first-order valence-electron chi connectivity index (χ1n) is 9.10. The number of aryl methyl sites for hydroxylation is 1. The highest BCUT2D eigenvalue weighted by Crippen LogP contribution is 2.56. The zero-order chi connectivity index (χ0) is 15.0. The van der Waals surface area contributed by atoms with E-state index in [4.69, 9.17) is 0 Å². The van der Waals surface area contributed by atoms with Crippen molar-refractivity contribution >= 4 is 5.91 Å². The summed E-state index contributed by atoms with van der Waals surface area (Å²) in [6, 6.07) is 10.4. The number of nitrogens with one attached hydrogen (secondary N) is 1. The molecule has 3 aliphatic carbocycles. The standard InChI is InChI=1S/C20H27NO/c22-19(11-8-15-5-2-1-3-6-15)21-20-12-4-7-17(14-20)16-9-10-18(20)13-16/h1-3,5-6,16-18H,4,7-14H2,(H,21,22). The van der Waals surface area contributed by atoms with Crippen molar-refractivity contribution in [1.29, 1.82) is 0 Å². The third-order valence-corrected chi connectivity index (χ3v) is 6.62. The largest absolute Gasteiger partial charge is 0.350 e. The molecule has 0 saturated heterocycles. The van der Waals surface area contributed by atoms with Gasteiger partial charge in [0.25, 0.3) is 0 Å². The van der Waals surface area contributed by atoms with E-state index in [1.54, 1.807) is 0 Å². The third kappa shape index (κ3) is 2.57. The average molecular weight is 297 g/mol. The zero-order valence-electron chi connectivity index (χ0n) is 13.4. The van der Waals surface area contributed by atoms with Gasteiger partial charge in [-0.1, -0.05) is 43.2 Å². The number of amides is 1. The number of carbonyl (C=O) groups excluding carboxylic acids is 1. The van der Waals surface area contributed by atoms with Crippen LogP contribution in [0.15, 0.2) is 30.3 Å². The molecule has 22 heavy (non-hydrogen) atoms. The van der Waals surface area contributed by atoms with E-state index < -0.39 is 0 Å². The summed E-state index contributed by atoms with van der Waals surface area (Å²) in [6.45, 7) is 0. The Morgan fingerprint density at radius 1 is 1.14 bits per heavy atom. The normalized spacial score (nSPS) is 36.1. The summed E-state index contributed by atoms with van der Waals surface area (Å²) in [5, 5.41) is 3.52. The monoisotopic (exact) mass is 297 g/mol.